The largest absolute Gasteiger partial charge is 0.479 e. The molecule has 1 aromatic rings. The number of hydrogen-bond acceptors (Lipinski definition) is 5. The van der Waals surface area contributed by atoms with Crippen molar-refractivity contribution < 1.29 is 14.3 Å². The maximum absolute atomic E-state index is 11.9. The molecule has 2 rings (SSSR count). The van der Waals surface area contributed by atoms with E-state index in [1.54, 1.807) is 0 Å². The van der Waals surface area contributed by atoms with Crippen molar-refractivity contribution in [1.29, 1.82) is 0 Å². The first-order chi connectivity index (χ1) is 7.33. The van der Waals surface area contributed by atoms with Crippen LogP contribution in [0, 0.1) is 0 Å². The maximum Gasteiger partial charge on any atom is 0.243 e. The highest BCUT2D eigenvalue weighted by Crippen LogP contribution is 2.20. The van der Waals surface area contributed by atoms with Gasteiger partial charge < -0.3 is 9.47 Å². The zero-order chi connectivity index (χ0) is 10.7. The summed E-state index contributed by atoms with van der Waals surface area (Å²) in [5, 5.41) is 0. The number of rotatable bonds is 3. The zero-order valence-corrected chi connectivity index (χ0v) is 8.47. The normalized spacial score (nSPS) is 20.2. The molecule has 1 fully saturated rings. The number of hydrogen-bond donors (Lipinski definition) is 0. The van der Waals surface area contributed by atoms with Crippen LogP contribution in [0.15, 0.2) is 12.4 Å². The fourth-order valence-electron chi connectivity index (χ4n) is 1.58. The molecule has 0 aliphatic carbocycles. The second-order valence-electron chi connectivity index (χ2n) is 3.28. The van der Waals surface area contributed by atoms with E-state index < -0.39 is 0 Å². The van der Waals surface area contributed by atoms with Crippen molar-refractivity contribution in [1.82, 2.24) is 9.97 Å². The Morgan fingerprint density at radius 1 is 1.53 bits per heavy atom. The molecule has 0 saturated carbocycles. The minimum atomic E-state index is -0.379. The highest BCUT2D eigenvalue weighted by molar-refractivity contribution is 5.99. The van der Waals surface area contributed by atoms with E-state index in [4.69, 9.17) is 9.47 Å². The third kappa shape index (κ3) is 1.97. The summed E-state index contributed by atoms with van der Waals surface area (Å²) in [6.45, 7) is 0.638. The molecule has 1 aliphatic rings. The molecule has 0 N–H and O–H groups in total. The molecular weight excluding hydrogens is 196 g/mol. The predicted octanol–water partition coefficient (Wildman–Crippen LogP) is 0.847. The van der Waals surface area contributed by atoms with E-state index in [-0.39, 0.29) is 23.5 Å². The van der Waals surface area contributed by atoms with Crippen molar-refractivity contribution in [2.45, 2.75) is 18.9 Å². The smallest absolute Gasteiger partial charge is 0.243 e. The van der Waals surface area contributed by atoms with Crippen molar-refractivity contribution in [3.05, 3.63) is 18.1 Å². The van der Waals surface area contributed by atoms with E-state index in [0.717, 1.165) is 12.8 Å². The first-order valence-electron chi connectivity index (χ1n) is 4.83. The van der Waals surface area contributed by atoms with Crippen molar-refractivity contribution in [3.63, 3.8) is 0 Å². The average Bonchev–Trinajstić information content (AvgIpc) is 2.81. The van der Waals surface area contributed by atoms with Crippen LogP contribution in [-0.2, 0) is 4.74 Å². The third-order valence-electron chi connectivity index (χ3n) is 2.31. The summed E-state index contributed by atoms with van der Waals surface area (Å²) in [7, 11) is 1.47. The van der Waals surface area contributed by atoms with Crippen LogP contribution in [0.1, 0.15) is 23.3 Å². The summed E-state index contributed by atoms with van der Waals surface area (Å²) in [6, 6.07) is 0. The lowest BCUT2D eigenvalue weighted by atomic mass is 10.1. The fraction of sp³-hybridized carbons (Fsp3) is 0.500. The highest BCUT2D eigenvalue weighted by atomic mass is 16.5. The maximum atomic E-state index is 11.9. The Morgan fingerprint density at radius 2 is 2.33 bits per heavy atom. The lowest BCUT2D eigenvalue weighted by molar-refractivity contribution is 0.0633. The summed E-state index contributed by atoms with van der Waals surface area (Å²) >= 11 is 0. The van der Waals surface area contributed by atoms with E-state index in [2.05, 4.69) is 9.97 Å². The summed E-state index contributed by atoms with van der Waals surface area (Å²) < 4.78 is 10.3. The predicted molar refractivity (Wildman–Crippen MR) is 51.9 cm³/mol. The van der Waals surface area contributed by atoms with Gasteiger partial charge in [0.25, 0.3) is 0 Å². The number of carbonyl (C=O) groups excluding carboxylic acids is 1. The lowest BCUT2D eigenvalue weighted by Crippen LogP contribution is -2.21. The van der Waals surface area contributed by atoms with Crippen LogP contribution in [0.3, 0.4) is 0 Å². The van der Waals surface area contributed by atoms with Crippen LogP contribution in [-0.4, -0.2) is 35.6 Å². The van der Waals surface area contributed by atoms with Crippen LogP contribution in [0.25, 0.3) is 0 Å². The molecule has 1 unspecified atom stereocenters. The molecule has 0 radical (unpaired) electrons. The molecule has 0 bridgehead atoms. The number of nitrogens with zero attached hydrogens (tertiary/aromatic N) is 2. The van der Waals surface area contributed by atoms with Gasteiger partial charge >= 0.3 is 0 Å². The lowest BCUT2D eigenvalue weighted by Gasteiger charge is -2.09. The second-order valence-corrected chi connectivity index (χ2v) is 3.28. The van der Waals surface area contributed by atoms with E-state index >= 15 is 0 Å². The Labute approximate surface area is 87.4 Å². The quantitative estimate of drug-likeness (QED) is 0.689. The van der Waals surface area contributed by atoms with Crippen molar-refractivity contribution >= 4 is 5.78 Å². The first-order valence-corrected chi connectivity index (χ1v) is 4.83. The van der Waals surface area contributed by atoms with Gasteiger partial charge in [-0.3, -0.25) is 4.79 Å². The number of ether oxygens (including phenoxy) is 2. The molecule has 80 valence electrons. The second kappa shape index (κ2) is 4.35. The molecule has 5 heteroatoms. The van der Waals surface area contributed by atoms with Crippen molar-refractivity contribution in [3.8, 4) is 5.88 Å². The van der Waals surface area contributed by atoms with Gasteiger partial charge in [0.2, 0.25) is 11.7 Å². The van der Waals surface area contributed by atoms with E-state index in [1.807, 2.05) is 0 Å². The summed E-state index contributed by atoms with van der Waals surface area (Å²) in [5.41, 5.74) is 0.256. The Balaban J connectivity index is 2.24. The highest BCUT2D eigenvalue weighted by Gasteiger charge is 2.28. The molecule has 1 aliphatic heterocycles. The SMILES string of the molecule is COc1nccnc1C(=O)C1CCCO1. The van der Waals surface area contributed by atoms with Crippen molar-refractivity contribution in [2.24, 2.45) is 0 Å². The molecule has 1 aromatic heterocycles. The van der Waals surface area contributed by atoms with Gasteiger partial charge in [0.1, 0.15) is 6.10 Å². The van der Waals surface area contributed by atoms with Gasteiger partial charge in [0.05, 0.1) is 7.11 Å². The first kappa shape index (κ1) is 10.0. The van der Waals surface area contributed by atoms with Gasteiger partial charge in [-0.1, -0.05) is 0 Å². The topological polar surface area (TPSA) is 61.3 Å². The molecular formula is C10H12N2O3. The number of ketones is 1. The molecule has 15 heavy (non-hydrogen) atoms. The standard InChI is InChI=1S/C10H12N2O3/c1-14-10-8(11-4-5-12-10)9(13)7-3-2-6-15-7/h4-5,7H,2-3,6H2,1H3. The Bertz CT molecular complexity index is 361. The number of carbonyl (C=O) groups is 1. The van der Waals surface area contributed by atoms with Gasteiger partial charge in [-0.05, 0) is 12.8 Å². The van der Waals surface area contributed by atoms with Crippen molar-refractivity contribution in [2.75, 3.05) is 13.7 Å². The van der Waals surface area contributed by atoms with E-state index in [1.165, 1.54) is 19.5 Å². The van der Waals surface area contributed by atoms with E-state index in [0.29, 0.717) is 6.61 Å². The number of methoxy groups -OCH3 is 1. The molecule has 1 atom stereocenters. The number of Topliss-reactive ketones (excluding diaryl/α,β-unsaturated/α-hetero) is 1. The van der Waals surface area contributed by atoms with Gasteiger partial charge in [0, 0.05) is 19.0 Å². The average molecular weight is 208 g/mol. The zero-order valence-electron chi connectivity index (χ0n) is 8.47. The minimum Gasteiger partial charge on any atom is -0.479 e. The molecule has 1 saturated heterocycles. The molecule has 0 spiro atoms. The minimum absolute atomic E-state index is 0.141. The van der Waals surface area contributed by atoms with Crippen LogP contribution in [0.4, 0.5) is 0 Å². The molecule has 0 aromatic carbocycles. The Morgan fingerprint density at radius 3 is 3.00 bits per heavy atom. The molecule has 5 nitrogen and oxygen atoms in total. The third-order valence-corrected chi connectivity index (χ3v) is 2.31. The Hall–Kier alpha value is -1.49. The van der Waals surface area contributed by atoms with Crippen LogP contribution in [0.5, 0.6) is 5.88 Å². The molecule has 2 heterocycles. The van der Waals surface area contributed by atoms with Gasteiger partial charge in [-0.2, -0.15) is 0 Å². The summed E-state index contributed by atoms with van der Waals surface area (Å²) in [5.74, 6) is 0.121. The Kier molecular flexibility index (Phi) is 2.91. The monoisotopic (exact) mass is 208 g/mol. The number of aromatic nitrogens is 2. The van der Waals surface area contributed by atoms with Gasteiger partial charge in [0.15, 0.2) is 5.69 Å². The summed E-state index contributed by atoms with van der Waals surface area (Å²) in [6.07, 6.45) is 4.25. The molecule has 0 amide bonds. The van der Waals surface area contributed by atoms with E-state index in [9.17, 15) is 4.79 Å². The summed E-state index contributed by atoms with van der Waals surface area (Å²) in [4.78, 5) is 19.8. The van der Waals surface area contributed by atoms with Gasteiger partial charge in [-0.15, -0.1) is 0 Å². The van der Waals surface area contributed by atoms with Crippen LogP contribution >= 0.6 is 0 Å². The van der Waals surface area contributed by atoms with Crippen LogP contribution < -0.4 is 4.74 Å². The van der Waals surface area contributed by atoms with Crippen LogP contribution in [0.2, 0.25) is 0 Å². The fourth-order valence-corrected chi connectivity index (χ4v) is 1.58. The van der Waals surface area contributed by atoms with Gasteiger partial charge in [-0.25, -0.2) is 9.97 Å².